The van der Waals surface area contributed by atoms with Gasteiger partial charge in [0, 0.05) is 5.56 Å². The summed E-state index contributed by atoms with van der Waals surface area (Å²) in [5, 5.41) is 15.1. The summed E-state index contributed by atoms with van der Waals surface area (Å²) in [5.41, 5.74) is 0.959. The number of hydrogen-bond donors (Lipinski definition) is 2. The molecule has 26 heavy (non-hydrogen) atoms. The Balaban J connectivity index is 1.92. The standard InChI is InChI=1S/C21H14FNO3/c22-14-10-8-13(9-11-14)19(24)17-18(23-21(26)20(17)25)16-7-3-5-12-4-1-2-6-15(12)16/h1-11,18,24H,(H,23,26)/t18-/m0/s1. The van der Waals surface area contributed by atoms with E-state index in [1.165, 1.54) is 24.3 Å². The number of halogens is 1. The molecule has 0 unspecified atom stereocenters. The number of aliphatic hydroxyl groups is 1. The van der Waals surface area contributed by atoms with Gasteiger partial charge in [-0.3, -0.25) is 9.59 Å². The number of nitrogens with one attached hydrogen (secondary N) is 1. The number of carbonyl (C=O) groups excluding carboxylic acids is 2. The van der Waals surface area contributed by atoms with Gasteiger partial charge in [0.05, 0.1) is 11.6 Å². The molecule has 0 aromatic heterocycles. The zero-order chi connectivity index (χ0) is 18.3. The zero-order valence-corrected chi connectivity index (χ0v) is 13.6. The molecular formula is C21H14FNO3. The van der Waals surface area contributed by atoms with E-state index in [2.05, 4.69) is 5.32 Å². The molecule has 0 saturated carbocycles. The van der Waals surface area contributed by atoms with Crippen molar-refractivity contribution >= 4 is 28.2 Å². The van der Waals surface area contributed by atoms with E-state index < -0.39 is 23.5 Å². The van der Waals surface area contributed by atoms with Gasteiger partial charge in [-0.15, -0.1) is 0 Å². The van der Waals surface area contributed by atoms with Gasteiger partial charge in [-0.2, -0.15) is 0 Å². The maximum absolute atomic E-state index is 13.2. The van der Waals surface area contributed by atoms with Crippen LogP contribution in [0.2, 0.25) is 0 Å². The van der Waals surface area contributed by atoms with Crippen molar-refractivity contribution < 1.29 is 19.1 Å². The van der Waals surface area contributed by atoms with E-state index in [1.807, 2.05) is 42.5 Å². The number of benzene rings is 3. The lowest BCUT2D eigenvalue weighted by atomic mass is 9.92. The minimum atomic E-state index is -0.787. The van der Waals surface area contributed by atoms with E-state index in [9.17, 15) is 19.1 Å². The molecule has 1 saturated heterocycles. The van der Waals surface area contributed by atoms with Gasteiger partial charge in [0.2, 0.25) is 0 Å². The molecule has 1 aliphatic rings. The van der Waals surface area contributed by atoms with E-state index >= 15 is 0 Å². The quantitative estimate of drug-likeness (QED) is 0.422. The molecule has 128 valence electrons. The Bertz CT molecular complexity index is 1060. The van der Waals surface area contributed by atoms with Crippen LogP contribution in [0.15, 0.2) is 72.3 Å². The fourth-order valence-corrected chi connectivity index (χ4v) is 3.27. The van der Waals surface area contributed by atoms with Crippen molar-refractivity contribution in [2.75, 3.05) is 0 Å². The average molecular weight is 347 g/mol. The molecule has 2 N–H and O–H groups in total. The number of amides is 1. The predicted molar refractivity (Wildman–Crippen MR) is 95.8 cm³/mol. The molecule has 0 aliphatic carbocycles. The van der Waals surface area contributed by atoms with Gasteiger partial charge in [0.1, 0.15) is 11.6 Å². The first-order valence-electron chi connectivity index (χ1n) is 8.08. The van der Waals surface area contributed by atoms with Crippen LogP contribution < -0.4 is 5.32 Å². The lowest BCUT2D eigenvalue weighted by molar-refractivity contribution is -0.133. The third-order valence-electron chi connectivity index (χ3n) is 4.52. The van der Waals surface area contributed by atoms with Crippen molar-refractivity contribution in [1.29, 1.82) is 0 Å². The van der Waals surface area contributed by atoms with Gasteiger partial charge < -0.3 is 10.4 Å². The molecule has 3 aromatic rings. The summed E-state index contributed by atoms with van der Waals surface area (Å²) >= 11 is 0. The summed E-state index contributed by atoms with van der Waals surface area (Å²) in [5.74, 6) is -2.34. The van der Waals surface area contributed by atoms with Crippen LogP contribution in [-0.4, -0.2) is 16.8 Å². The maximum Gasteiger partial charge on any atom is 0.293 e. The lowest BCUT2D eigenvalue weighted by Crippen LogP contribution is -2.21. The molecule has 1 fully saturated rings. The highest BCUT2D eigenvalue weighted by molar-refractivity contribution is 6.46. The van der Waals surface area contributed by atoms with Crippen LogP contribution in [-0.2, 0) is 9.59 Å². The number of hydrogen-bond acceptors (Lipinski definition) is 3. The SMILES string of the molecule is O=C1N[C@@H](c2cccc3ccccc23)C(=C(O)c2ccc(F)cc2)C1=O. The van der Waals surface area contributed by atoms with Crippen molar-refractivity contribution in [1.82, 2.24) is 5.32 Å². The van der Waals surface area contributed by atoms with E-state index in [4.69, 9.17) is 0 Å². The third-order valence-corrected chi connectivity index (χ3v) is 4.52. The molecule has 0 spiro atoms. The summed E-state index contributed by atoms with van der Waals surface area (Å²) in [6, 6.07) is 17.5. The molecule has 1 amide bonds. The Hall–Kier alpha value is -3.47. The van der Waals surface area contributed by atoms with E-state index in [0.717, 1.165) is 10.8 Å². The molecule has 1 heterocycles. The third kappa shape index (κ3) is 2.54. The smallest absolute Gasteiger partial charge is 0.293 e. The Morgan fingerprint density at radius 2 is 1.62 bits per heavy atom. The van der Waals surface area contributed by atoms with Crippen molar-refractivity contribution in [2.24, 2.45) is 0 Å². The fourth-order valence-electron chi connectivity index (χ4n) is 3.27. The molecule has 0 radical (unpaired) electrons. The van der Waals surface area contributed by atoms with Crippen molar-refractivity contribution in [3.63, 3.8) is 0 Å². The maximum atomic E-state index is 13.2. The number of carbonyl (C=O) groups is 2. The van der Waals surface area contributed by atoms with E-state index in [0.29, 0.717) is 5.56 Å². The fraction of sp³-hybridized carbons (Fsp3) is 0.0476. The summed E-state index contributed by atoms with van der Waals surface area (Å²) in [7, 11) is 0. The average Bonchev–Trinajstić information content (AvgIpc) is 2.96. The van der Waals surface area contributed by atoms with Crippen LogP contribution in [0.4, 0.5) is 4.39 Å². The number of rotatable bonds is 2. The largest absolute Gasteiger partial charge is 0.507 e. The van der Waals surface area contributed by atoms with E-state index in [-0.39, 0.29) is 16.9 Å². The monoisotopic (exact) mass is 347 g/mol. The first-order valence-corrected chi connectivity index (χ1v) is 8.08. The Labute approximate surface area is 148 Å². The summed E-state index contributed by atoms with van der Waals surface area (Å²) in [4.78, 5) is 24.4. The van der Waals surface area contributed by atoms with Crippen molar-refractivity contribution in [2.45, 2.75) is 6.04 Å². The molecular weight excluding hydrogens is 333 g/mol. The first kappa shape index (κ1) is 16.0. The highest BCUT2D eigenvalue weighted by atomic mass is 19.1. The Morgan fingerprint density at radius 3 is 2.38 bits per heavy atom. The second kappa shape index (κ2) is 6.11. The molecule has 1 atom stereocenters. The van der Waals surface area contributed by atoms with Crippen LogP contribution in [0.3, 0.4) is 0 Å². The number of aliphatic hydroxyl groups excluding tert-OH is 1. The van der Waals surface area contributed by atoms with Crippen LogP contribution in [0.5, 0.6) is 0 Å². The van der Waals surface area contributed by atoms with Gasteiger partial charge in [-0.05, 0) is 40.6 Å². The Kier molecular flexibility index (Phi) is 3.77. The van der Waals surface area contributed by atoms with Crippen LogP contribution >= 0.6 is 0 Å². The Morgan fingerprint density at radius 1 is 0.923 bits per heavy atom. The molecule has 4 nitrogen and oxygen atoms in total. The molecule has 1 aliphatic heterocycles. The topological polar surface area (TPSA) is 66.4 Å². The van der Waals surface area contributed by atoms with Gasteiger partial charge >= 0.3 is 0 Å². The normalized spacial score (nSPS) is 18.9. The van der Waals surface area contributed by atoms with Crippen LogP contribution in [0.1, 0.15) is 17.2 Å². The number of Topliss-reactive ketones (excluding diaryl/α,β-unsaturated/α-hetero) is 1. The van der Waals surface area contributed by atoms with Gasteiger partial charge in [0.15, 0.2) is 0 Å². The van der Waals surface area contributed by atoms with Gasteiger partial charge in [-0.25, -0.2) is 4.39 Å². The van der Waals surface area contributed by atoms with Crippen LogP contribution in [0, 0.1) is 5.82 Å². The number of fused-ring (bicyclic) bond motifs is 1. The minimum absolute atomic E-state index is 0.0297. The zero-order valence-electron chi connectivity index (χ0n) is 13.6. The van der Waals surface area contributed by atoms with E-state index in [1.54, 1.807) is 0 Å². The second-order valence-corrected chi connectivity index (χ2v) is 6.07. The molecule has 3 aromatic carbocycles. The number of ketones is 1. The second-order valence-electron chi connectivity index (χ2n) is 6.07. The van der Waals surface area contributed by atoms with Gasteiger partial charge in [-0.1, -0.05) is 42.5 Å². The first-order chi connectivity index (χ1) is 12.6. The molecule has 0 bridgehead atoms. The summed E-state index contributed by atoms with van der Waals surface area (Å²) < 4.78 is 13.2. The lowest BCUT2D eigenvalue weighted by Gasteiger charge is -2.16. The summed E-state index contributed by atoms with van der Waals surface area (Å²) in [6.45, 7) is 0. The molecule has 4 rings (SSSR count). The highest BCUT2D eigenvalue weighted by Gasteiger charge is 2.40. The van der Waals surface area contributed by atoms with Gasteiger partial charge in [0.25, 0.3) is 11.7 Å². The van der Waals surface area contributed by atoms with Crippen LogP contribution in [0.25, 0.3) is 16.5 Å². The van der Waals surface area contributed by atoms with Crippen molar-refractivity contribution in [3.8, 4) is 0 Å². The predicted octanol–water partition coefficient (Wildman–Crippen LogP) is 3.69. The van der Waals surface area contributed by atoms with Crippen molar-refractivity contribution in [3.05, 3.63) is 89.2 Å². The summed E-state index contributed by atoms with van der Waals surface area (Å²) in [6.07, 6.45) is 0. The molecule has 5 heteroatoms. The minimum Gasteiger partial charge on any atom is -0.507 e. The highest BCUT2D eigenvalue weighted by Crippen LogP contribution is 2.36.